The predicted molar refractivity (Wildman–Crippen MR) is 91.9 cm³/mol. The van der Waals surface area contributed by atoms with Gasteiger partial charge in [0.25, 0.3) is 0 Å². The minimum absolute atomic E-state index is 0.163. The summed E-state index contributed by atoms with van der Waals surface area (Å²) in [4.78, 5) is 0. The highest BCUT2D eigenvalue weighted by atomic mass is 16.5. The molecule has 136 valence electrons. The number of nitrogens with one attached hydrogen (secondary N) is 1. The Labute approximate surface area is 140 Å². The third-order valence-electron chi connectivity index (χ3n) is 5.26. The second-order valence-electron chi connectivity index (χ2n) is 6.94. The van der Waals surface area contributed by atoms with Gasteiger partial charge in [-0.05, 0) is 49.9 Å². The van der Waals surface area contributed by atoms with Crippen LogP contribution in [0.1, 0.15) is 46.0 Å². The predicted octanol–water partition coefficient (Wildman–Crippen LogP) is 1.09. The molecule has 2 aliphatic rings. The van der Waals surface area contributed by atoms with Gasteiger partial charge < -0.3 is 26.1 Å². The molecule has 1 heterocycles. The SMILES string of the molecule is CC1CCC2CCCC(C(C)CO)C2CO1.NN/C=C(\N)CO. The van der Waals surface area contributed by atoms with Crippen molar-refractivity contribution in [1.29, 1.82) is 0 Å². The van der Waals surface area contributed by atoms with Crippen LogP contribution in [0.5, 0.6) is 0 Å². The molecule has 23 heavy (non-hydrogen) atoms. The van der Waals surface area contributed by atoms with E-state index in [0.29, 0.717) is 36.2 Å². The Kier molecular flexibility index (Phi) is 9.55. The lowest BCUT2D eigenvalue weighted by Gasteiger charge is -2.39. The fourth-order valence-electron chi connectivity index (χ4n) is 3.81. The maximum Gasteiger partial charge on any atom is 0.0840 e. The zero-order valence-electron chi connectivity index (χ0n) is 14.6. The van der Waals surface area contributed by atoms with Crippen LogP contribution >= 0.6 is 0 Å². The van der Waals surface area contributed by atoms with Gasteiger partial charge in [0.15, 0.2) is 0 Å². The van der Waals surface area contributed by atoms with E-state index in [1.165, 1.54) is 38.3 Å². The average molecular weight is 329 g/mol. The molecule has 0 aromatic rings. The molecular weight excluding hydrogens is 294 g/mol. The van der Waals surface area contributed by atoms with Crippen LogP contribution in [-0.4, -0.2) is 36.1 Å². The van der Waals surface area contributed by atoms with E-state index < -0.39 is 0 Å². The van der Waals surface area contributed by atoms with Crippen LogP contribution in [0.15, 0.2) is 11.9 Å². The van der Waals surface area contributed by atoms with Gasteiger partial charge in [-0.2, -0.15) is 0 Å². The zero-order chi connectivity index (χ0) is 17.2. The molecule has 0 aromatic heterocycles. The minimum Gasteiger partial charge on any atom is -0.399 e. The quantitative estimate of drug-likeness (QED) is 0.390. The molecule has 0 aromatic carbocycles. The summed E-state index contributed by atoms with van der Waals surface area (Å²) in [6.07, 6.45) is 8.35. The largest absolute Gasteiger partial charge is 0.399 e. The molecule has 0 spiro atoms. The van der Waals surface area contributed by atoms with Crippen LogP contribution < -0.4 is 17.0 Å². The van der Waals surface area contributed by atoms with Crippen molar-refractivity contribution in [2.45, 2.75) is 52.1 Å². The van der Waals surface area contributed by atoms with E-state index in [1.54, 1.807) is 0 Å². The van der Waals surface area contributed by atoms with Crippen LogP contribution in [0.25, 0.3) is 0 Å². The number of hydrazine groups is 1. The fourth-order valence-corrected chi connectivity index (χ4v) is 3.81. The van der Waals surface area contributed by atoms with Gasteiger partial charge in [0.1, 0.15) is 0 Å². The lowest BCUT2D eigenvalue weighted by atomic mass is 9.67. The first-order chi connectivity index (χ1) is 11.0. The lowest BCUT2D eigenvalue weighted by molar-refractivity contribution is -0.00215. The van der Waals surface area contributed by atoms with E-state index in [4.69, 9.17) is 21.4 Å². The topological polar surface area (TPSA) is 114 Å². The molecule has 0 radical (unpaired) electrons. The van der Waals surface area contributed by atoms with Gasteiger partial charge in [0.2, 0.25) is 0 Å². The van der Waals surface area contributed by atoms with Gasteiger partial charge in [0.05, 0.1) is 25.0 Å². The summed E-state index contributed by atoms with van der Waals surface area (Å²) in [5, 5.41) is 17.5. The van der Waals surface area contributed by atoms with Crippen molar-refractivity contribution in [3.05, 3.63) is 11.9 Å². The van der Waals surface area contributed by atoms with E-state index in [2.05, 4.69) is 19.3 Å². The van der Waals surface area contributed by atoms with Gasteiger partial charge in [-0.25, -0.2) is 0 Å². The second kappa shape index (κ2) is 10.9. The molecule has 6 heteroatoms. The molecule has 1 saturated heterocycles. The summed E-state index contributed by atoms with van der Waals surface area (Å²) in [5.74, 6) is 7.49. The molecule has 5 atom stereocenters. The highest BCUT2D eigenvalue weighted by molar-refractivity contribution is 4.92. The number of aliphatic hydroxyl groups is 2. The smallest absolute Gasteiger partial charge is 0.0840 e. The van der Waals surface area contributed by atoms with E-state index in [-0.39, 0.29) is 6.61 Å². The second-order valence-corrected chi connectivity index (χ2v) is 6.94. The van der Waals surface area contributed by atoms with Crippen LogP contribution in [0, 0.1) is 23.7 Å². The van der Waals surface area contributed by atoms with Crippen LogP contribution in [0.4, 0.5) is 0 Å². The van der Waals surface area contributed by atoms with Crippen molar-refractivity contribution < 1.29 is 14.9 Å². The maximum atomic E-state index is 9.36. The Morgan fingerprint density at radius 3 is 2.61 bits per heavy atom. The van der Waals surface area contributed by atoms with Crippen molar-refractivity contribution in [1.82, 2.24) is 5.43 Å². The normalized spacial score (nSPS) is 32.8. The van der Waals surface area contributed by atoms with E-state index in [9.17, 15) is 5.11 Å². The lowest BCUT2D eigenvalue weighted by Crippen LogP contribution is -2.35. The first-order valence-electron chi connectivity index (χ1n) is 8.77. The summed E-state index contributed by atoms with van der Waals surface area (Å²) in [6, 6.07) is 0. The molecular formula is C17H35N3O3. The summed E-state index contributed by atoms with van der Waals surface area (Å²) in [6.45, 7) is 5.50. The maximum absolute atomic E-state index is 9.36. The van der Waals surface area contributed by atoms with Gasteiger partial charge in [-0.1, -0.05) is 19.8 Å². The van der Waals surface area contributed by atoms with E-state index in [1.807, 2.05) is 0 Å². The molecule has 0 bridgehead atoms. The summed E-state index contributed by atoms with van der Waals surface area (Å²) >= 11 is 0. The number of ether oxygens (including phenoxy) is 1. The molecule has 7 N–H and O–H groups in total. The van der Waals surface area contributed by atoms with Crippen molar-refractivity contribution in [2.75, 3.05) is 19.8 Å². The third-order valence-corrected chi connectivity index (χ3v) is 5.26. The highest BCUT2D eigenvalue weighted by Crippen LogP contribution is 2.43. The Morgan fingerprint density at radius 2 is 2.04 bits per heavy atom. The molecule has 5 unspecified atom stereocenters. The molecule has 2 rings (SSSR count). The molecule has 1 aliphatic carbocycles. The van der Waals surface area contributed by atoms with Crippen molar-refractivity contribution in [3.8, 4) is 0 Å². The molecule has 1 saturated carbocycles. The van der Waals surface area contributed by atoms with Crippen LogP contribution in [0.3, 0.4) is 0 Å². The standard InChI is InChI=1S/C14H26O2.C3H9N3O/c1-10(8-15)13-5-3-4-12-7-6-11(2)16-9-14(12)13;4-3(2-7)1-6-5/h10-15H,3-9H2,1-2H3;1,6-7H,2,4-5H2/b;3-1-. The average Bonchev–Trinajstić information content (AvgIpc) is 2.76. The summed E-state index contributed by atoms with van der Waals surface area (Å²) in [7, 11) is 0. The first-order valence-corrected chi connectivity index (χ1v) is 8.77. The molecule has 6 nitrogen and oxygen atoms in total. The minimum atomic E-state index is -0.163. The Bertz CT molecular complexity index is 352. The summed E-state index contributed by atoms with van der Waals surface area (Å²) in [5.41, 5.74) is 7.55. The van der Waals surface area contributed by atoms with Gasteiger partial charge in [0, 0.05) is 12.8 Å². The number of hydrogen-bond donors (Lipinski definition) is 5. The Morgan fingerprint density at radius 1 is 1.30 bits per heavy atom. The summed E-state index contributed by atoms with van der Waals surface area (Å²) < 4.78 is 5.92. The first kappa shape index (κ1) is 20.2. The highest BCUT2D eigenvalue weighted by Gasteiger charge is 2.37. The number of nitrogens with two attached hydrogens (primary N) is 2. The third kappa shape index (κ3) is 6.67. The van der Waals surface area contributed by atoms with E-state index in [0.717, 1.165) is 12.5 Å². The molecule has 0 amide bonds. The van der Waals surface area contributed by atoms with Crippen molar-refractivity contribution in [3.63, 3.8) is 0 Å². The zero-order valence-corrected chi connectivity index (χ0v) is 14.6. The van der Waals surface area contributed by atoms with Crippen molar-refractivity contribution >= 4 is 0 Å². The van der Waals surface area contributed by atoms with Crippen LogP contribution in [0.2, 0.25) is 0 Å². The number of rotatable bonds is 4. The monoisotopic (exact) mass is 329 g/mol. The molecule has 2 fully saturated rings. The van der Waals surface area contributed by atoms with Gasteiger partial charge in [-0.15, -0.1) is 0 Å². The van der Waals surface area contributed by atoms with Crippen molar-refractivity contribution in [2.24, 2.45) is 35.2 Å². The fraction of sp³-hybridized carbons (Fsp3) is 0.882. The van der Waals surface area contributed by atoms with E-state index >= 15 is 0 Å². The Balaban J connectivity index is 0.000000322. The number of hydrogen-bond acceptors (Lipinski definition) is 6. The Hall–Kier alpha value is -0.820. The van der Waals surface area contributed by atoms with Crippen LogP contribution in [-0.2, 0) is 4.74 Å². The number of fused-ring (bicyclic) bond motifs is 1. The van der Waals surface area contributed by atoms with Gasteiger partial charge in [-0.3, -0.25) is 5.84 Å². The molecule has 1 aliphatic heterocycles. The number of aliphatic hydroxyl groups excluding tert-OH is 2. The van der Waals surface area contributed by atoms with Gasteiger partial charge >= 0.3 is 0 Å².